The minimum absolute atomic E-state index is 0. The predicted molar refractivity (Wildman–Crippen MR) is 93.8 cm³/mol. The summed E-state index contributed by atoms with van der Waals surface area (Å²) in [5.41, 5.74) is 3.23. The van der Waals surface area contributed by atoms with Crippen LogP contribution in [0.3, 0.4) is 0 Å². The van der Waals surface area contributed by atoms with Gasteiger partial charge in [-0.05, 0) is 31.9 Å². The number of aromatic nitrogens is 1. The van der Waals surface area contributed by atoms with Crippen molar-refractivity contribution in [2.75, 3.05) is 11.9 Å². The molecule has 0 bridgehead atoms. The van der Waals surface area contributed by atoms with Crippen molar-refractivity contribution in [2.45, 2.75) is 32.2 Å². The number of benzene rings is 1. The summed E-state index contributed by atoms with van der Waals surface area (Å²) in [6, 6.07) is 8.07. The van der Waals surface area contributed by atoms with Crippen LogP contribution in [-0.4, -0.2) is 23.5 Å². The van der Waals surface area contributed by atoms with Crippen LogP contribution in [0.25, 0.3) is 11.3 Å². The third kappa shape index (κ3) is 3.85. The summed E-state index contributed by atoms with van der Waals surface area (Å²) in [6.45, 7) is 2.99. The van der Waals surface area contributed by atoms with E-state index in [4.69, 9.17) is 0 Å². The van der Waals surface area contributed by atoms with E-state index in [-0.39, 0.29) is 24.4 Å². The van der Waals surface area contributed by atoms with Gasteiger partial charge in [-0.1, -0.05) is 30.7 Å². The molecule has 4 nitrogen and oxygen atoms in total. The lowest BCUT2D eigenvalue weighted by molar-refractivity contribution is -0.118. The quantitative estimate of drug-likeness (QED) is 0.899. The zero-order valence-corrected chi connectivity index (χ0v) is 14.1. The number of halogens is 1. The fourth-order valence-electron chi connectivity index (χ4n) is 2.58. The Hall–Kier alpha value is -1.43. The number of rotatable bonds is 3. The first-order valence-corrected chi connectivity index (χ1v) is 8.18. The van der Waals surface area contributed by atoms with Crippen LogP contribution in [0.5, 0.6) is 0 Å². The highest BCUT2D eigenvalue weighted by Crippen LogP contribution is 2.27. The number of piperidine rings is 1. The summed E-state index contributed by atoms with van der Waals surface area (Å²) in [6.07, 6.45) is 3.16. The number of hydrogen-bond acceptors (Lipinski definition) is 4. The largest absolute Gasteiger partial charge is 0.306 e. The SMILES string of the molecule is Cc1ccccc1-c1csc(NC(=O)C2CCCCN2)n1.Cl. The average molecular weight is 338 g/mol. The summed E-state index contributed by atoms with van der Waals surface area (Å²) in [5.74, 6) is 0.0281. The summed E-state index contributed by atoms with van der Waals surface area (Å²) in [4.78, 5) is 16.7. The monoisotopic (exact) mass is 337 g/mol. The Labute approximate surface area is 140 Å². The Morgan fingerprint density at radius 3 is 2.91 bits per heavy atom. The third-order valence-electron chi connectivity index (χ3n) is 3.78. The molecule has 0 aliphatic carbocycles. The Morgan fingerprint density at radius 2 is 2.18 bits per heavy atom. The van der Waals surface area contributed by atoms with Crippen LogP contribution in [0.1, 0.15) is 24.8 Å². The number of hydrogen-bond donors (Lipinski definition) is 2. The lowest BCUT2D eigenvalue weighted by Gasteiger charge is -2.21. The van der Waals surface area contributed by atoms with E-state index in [1.54, 1.807) is 0 Å². The van der Waals surface area contributed by atoms with E-state index in [1.807, 2.05) is 17.5 Å². The van der Waals surface area contributed by atoms with Crippen molar-refractivity contribution in [1.29, 1.82) is 0 Å². The molecule has 1 aromatic heterocycles. The molecule has 2 N–H and O–H groups in total. The average Bonchev–Trinajstić information content (AvgIpc) is 2.97. The highest BCUT2D eigenvalue weighted by Gasteiger charge is 2.21. The molecule has 1 atom stereocenters. The number of carbonyl (C=O) groups is 1. The number of amides is 1. The van der Waals surface area contributed by atoms with Crippen molar-refractivity contribution in [2.24, 2.45) is 0 Å². The maximum Gasteiger partial charge on any atom is 0.243 e. The molecular formula is C16H20ClN3OS. The Balaban J connectivity index is 0.00000176. The smallest absolute Gasteiger partial charge is 0.243 e. The lowest BCUT2D eigenvalue weighted by atomic mass is 10.0. The van der Waals surface area contributed by atoms with Crippen LogP contribution < -0.4 is 10.6 Å². The molecule has 0 saturated carbocycles. The fourth-order valence-corrected chi connectivity index (χ4v) is 3.30. The molecule has 0 radical (unpaired) electrons. The third-order valence-corrected chi connectivity index (χ3v) is 4.54. The van der Waals surface area contributed by atoms with Gasteiger partial charge in [-0.3, -0.25) is 4.79 Å². The first kappa shape index (κ1) is 16.9. The van der Waals surface area contributed by atoms with Gasteiger partial charge in [0.05, 0.1) is 11.7 Å². The van der Waals surface area contributed by atoms with Crippen molar-refractivity contribution in [1.82, 2.24) is 10.3 Å². The first-order chi connectivity index (χ1) is 10.2. The van der Waals surface area contributed by atoms with Crippen molar-refractivity contribution < 1.29 is 4.79 Å². The molecule has 1 aliphatic rings. The summed E-state index contributed by atoms with van der Waals surface area (Å²) in [5, 5.41) is 8.84. The Morgan fingerprint density at radius 1 is 1.36 bits per heavy atom. The van der Waals surface area contributed by atoms with Gasteiger partial charge in [0.25, 0.3) is 0 Å². The van der Waals surface area contributed by atoms with Gasteiger partial charge >= 0.3 is 0 Å². The maximum absolute atomic E-state index is 12.2. The zero-order chi connectivity index (χ0) is 14.7. The van der Waals surface area contributed by atoms with E-state index in [2.05, 4.69) is 34.7 Å². The molecule has 1 aliphatic heterocycles. The minimum Gasteiger partial charge on any atom is -0.306 e. The molecule has 1 aromatic carbocycles. The molecule has 118 valence electrons. The van der Waals surface area contributed by atoms with Gasteiger partial charge in [0.1, 0.15) is 0 Å². The molecule has 6 heteroatoms. The van der Waals surface area contributed by atoms with Crippen LogP contribution in [0.4, 0.5) is 5.13 Å². The molecule has 1 unspecified atom stereocenters. The predicted octanol–water partition coefficient (Wildman–Crippen LogP) is 3.62. The molecule has 1 amide bonds. The highest BCUT2D eigenvalue weighted by atomic mass is 35.5. The van der Waals surface area contributed by atoms with E-state index in [9.17, 15) is 4.79 Å². The van der Waals surface area contributed by atoms with Crippen LogP contribution >= 0.6 is 23.7 Å². The first-order valence-electron chi connectivity index (χ1n) is 7.30. The molecule has 3 rings (SSSR count). The normalized spacial score (nSPS) is 17.6. The van der Waals surface area contributed by atoms with Crippen LogP contribution in [0, 0.1) is 6.92 Å². The number of anilines is 1. The number of aryl methyl sites for hydroxylation is 1. The number of nitrogens with zero attached hydrogens (tertiary/aromatic N) is 1. The van der Waals surface area contributed by atoms with Gasteiger partial charge in [-0.2, -0.15) is 0 Å². The molecule has 2 heterocycles. The second-order valence-corrected chi connectivity index (χ2v) is 6.20. The minimum atomic E-state index is -0.0791. The second-order valence-electron chi connectivity index (χ2n) is 5.34. The van der Waals surface area contributed by atoms with E-state index in [0.717, 1.165) is 37.1 Å². The van der Waals surface area contributed by atoms with Crippen molar-refractivity contribution >= 4 is 34.8 Å². The van der Waals surface area contributed by atoms with E-state index < -0.39 is 0 Å². The number of nitrogens with one attached hydrogen (secondary N) is 2. The molecule has 1 fully saturated rings. The van der Waals surface area contributed by atoms with E-state index >= 15 is 0 Å². The van der Waals surface area contributed by atoms with Crippen LogP contribution in [-0.2, 0) is 4.79 Å². The van der Waals surface area contributed by atoms with Gasteiger partial charge in [-0.25, -0.2) is 4.98 Å². The summed E-state index contributed by atoms with van der Waals surface area (Å²) in [7, 11) is 0. The molecule has 22 heavy (non-hydrogen) atoms. The second kappa shape index (κ2) is 7.72. The Kier molecular flexibility index (Phi) is 5.94. The van der Waals surface area contributed by atoms with Crippen molar-refractivity contribution in [3.8, 4) is 11.3 Å². The van der Waals surface area contributed by atoms with Crippen molar-refractivity contribution in [3.63, 3.8) is 0 Å². The fraction of sp³-hybridized carbons (Fsp3) is 0.375. The van der Waals surface area contributed by atoms with Crippen molar-refractivity contribution in [3.05, 3.63) is 35.2 Å². The molecular weight excluding hydrogens is 318 g/mol. The number of carbonyl (C=O) groups excluding carboxylic acids is 1. The molecule has 2 aromatic rings. The summed E-state index contributed by atoms with van der Waals surface area (Å²) >= 11 is 1.47. The Bertz CT molecular complexity index is 638. The summed E-state index contributed by atoms with van der Waals surface area (Å²) < 4.78 is 0. The van der Waals surface area contributed by atoms with Crippen LogP contribution in [0.2, 0.25) is 0 Å². The van der Waals surface area contributed by atoms with Crippen LogP contribution in [0.15, 0.2) is 29.6 Å². The highest BCUT2D eigenvalue weighted by molar-refractivity contribution is 7.14. The number of thiazole rings is 1. The zero-order valence-electron chi connectivity index (χ0n) is 12.5. The van der Waals surface area contributed by atoms with Gasteiger partial charge in [-0.15, -0.1) is 23.7 Å². The molecule has 0 spiro atoms. The van der Waals surface area contributed by atoms with Gasteiger partial charge in [0.2, 0.25) is 5.91 Å². The topological polar surface area (TPSA) is 54.0 Å². The van der Waals surface area contributed by atoms with Gasteiger partial charge in [0.15, 0.2) is 5.13 Å². The standard InChI is InChI=1S/C16H19N3OS.ClH/c1-11-6-2-3-7-12(11)14-10-21-16(18-14)19-15(20)13-8-4-5-9-17-13;/h2-3,6-7,10,13,17H,4-5,8-9H2,1H3,(H,18,19,20);1H. The van der Waals surface area contributed by atoms with Gasteiger partial charge in [0, 0.05) is 10.9 Å². The van der Waals surface area contributed by atoms with E-state index in [0.29, 0.717) is 5.13 Å². The lowest BCUT2D eigenvalue weighted by Crippen LogP contribution is -2.43. The van der Waals surface area contributed by atoms with Gasteiger partial charge < -0.3 is 10.6 Å². The maximum atomic E-state index is 12.2. The van der Waals surface area contributed by atoms with E-state index in [1.165, 1.54) is 16.9 Å². The molecule has 1 saturated heterocycles.